The Kier molecular flexibility index (Phi) is 6.42. The fourth-order valence-electron chi connectivity index (χ4n) is 3.14. The highest BCUT2D eigenvalue weighted by molar-refractivity contribution is 6.62. The van der Waals surface area contributed by atoms with E-state index >= 15 is 0 Å². The first-order chi connectivity index (χ1) is 14.6. The summed E-state index contributed by atoms with van der Waals surface area (Å²) in [6.07, 6.45) is 1.54. The van der Waals surface area contributed by atoms with E-state index in [0.29, 0.717) is 30.1 Å². The van der Waals surface area contributed by atoms with Gasteiger partial charge in [0.15, 0.2) is 11.5 Å². The van der Waals surface area contributed by atoms with Gasteiger partial charge in [-0.05, 0) is 52.3 Å². The van der Waals surface area contributed by atoms with Crippen molar-refractivity contribution in [1.82, 2.24) is 4.98 Å². The molecule has 2 heterocycles. The van der Waals surface area contributed by atoms with Crippen LogP contribution in [-0.4, -0.2) is 41.9 Å². The Morgan fingerprint density at radius 3 is 2.42 bits per heavy atom. The van der Waals surface area contributed by atoms with Crippen molar-refractivity contribution in [3.05, 3.63) is 46.1 Å². The molecule has 1 N–H and O–H groups in total. The van der Waals surface area contributed by atoms with Gasteiger partial charge >= 0.3 is 12.8 Å². The highest BCUT2D eigenvalue weighted by Gasteiger charge is 2.52. The smallest absolute Gasteiger partial charge is 0.493 e. The Hall–Kier alpha value is -2.85. The molecule has 1 aliphatic heterocycles. The van der Waals surface area contributed by atoms with Gasteiger partial charge in [0, 0.05) is 24.3 Å². The molecule has 0 spiro atoms. The molecule has 0 saturated carbocycles. The molecule has 0 aliphatic carbocycles. The maximum atomic E-state index is 11.7. The number of hydrogen-bond donors (Lipinski definition) is 1. The van der Waals surface area contributed by atoms with E-state index in [0.717, 1.165) is 5.56 Å². The van der Waals surface area contributed by atoms with Crippen molar-refractivity contribution in [3.63, 3.8) is 0 Å². The lowest BCUT2D eigenvalue weighted by Crippen LogP contribution is -2.41. The Morgan fingerprint density at radius 2 is 1.84 bits per heavy atom. The lowest BCUT2D eigenvalue weighted by atomic mass is 9.80. The Morgan fingerprint density at radius 1 is 1.16 bits per heavy atom. The molecule has 31 heavy (non-hydrogen) atoms. The minimum atomic E-state index is -0.722. The van der Waals surface area contributed by atoms with Crippen LogP contribution in [0.2, 0.25) is 0 Å². The normalized spacial score (nSPS) is 16.8. The maximum Gasteiger partial charge on any atom is 0.496 e. The fourth-order valence-corrected chi connectivity index (χ4v) is 3.14. The molecule has 10 heteroatoms. The molecule has 1 aliphatic rings. The van der Waals surface area contributed by atoms with Crippen LogP contribution in [-0.2, 0) is 15.9 Å². The number of benzene rings is 1. The van der Waals surface area contributed by atoms with Gasteiger partial charge in [0.25, 0.3) is 0 Å². The monoisotopic (exact) mass is 429 g/mol. The number of anilines is 1. The van der Waals surface area contributed by atoms with Crippen LogP contribution >= 0.6 is 0 Å². The first-order valence-electron chi connectivity index (χ1n) is 10.1. The molecule has 0 atom stereocenters. The van der Waals surface area contributed by atoms with E-state index in [2.05, 4.69) is 10.3 Å². The fraction of sp³-hybridized carbons (Fsp3) is 0.476. The summed E-state index contributed by atoms with van der Waals surface area (Å²) in [5, 5.41) is 14.7. The van der Waals surface area contributed by atoms with Crippen LogP contribution in [0.4, 0.5) is 11.5 Å². The molecule has 0 unspecified atom stereocenters. The number of pyridine rings is 1. The van der Waals surface area contributed by atoms with E-state index in [1.54, 1.807) is 13.2 Å². The number of methoxy groups -OCH3 is 1. The van der Waals surface area contributed by atoms with E-state index < -0.39 is 23.2 Å². The van der Waals surface area contributed by atoms with Crippen LogP contribution < -0.4 is 20.3 Å². The van der Waals surface area contributed by atoms with Gasteiger partial charge in [-0.25, -0.2) is 4.98 Å². The SMILES string of the molecule is CCOc1cc(CNc2ncc(B3OC(C)(C)C(C)(C)O3)cc2[N+](=O)[O-])ccc1OC. The molecule has 166 valence electrons. The van der Waals surface area contributed by atoms with Gasteiger partial charge in [-0.15, -0.1) is 0 Å². The minimum absolute atomic E-state index is 0.147. The maximum absolute atomic E-state index is 11.7. The van der Waals surface area contributed by atoms with Crippen molar-refractivity contribution in [2.24, 2.45) is 0 Å². The van der Waals surface area contributed by atoms with Crippen LogP contribution in [0.3, 0.4) is 0 Å². The largest absolute Gasteiger partial charge is 0.496 e. The van der Waals surface area contributed by atoms with Gasteiger partial charge in [-0.1, -0.05) is 6.07 Å². The van der Waals surface area contributed by atoms with Crippen LogP contribution in [0, 0.1) is 10.1 Å². The molecule has 9 nitrogen and oxygen atoms in total. The van der Waals surface area contributed by atoms with Gasteiger partial charge < -0.3 is 24.1 Å². The molecule has 3 rings (SSSR count). The van der Waals surface area contributed by atoms with Crippen molar-refractivity contribution < 1.29 is 23.7 Å². The predicted molar refractivity (Wildman–Crippen MR) is 118 cm³/mol. The van der Waals surface area contributed by atoms with Crippen molar-refractivity contribution in [1.29, 1.82) is 0 Å². The van der Waals surface area contributed by atoms with Crippen molar-refractivity contribution >= 4 is 24.1 Å². The summed E-state index contributed by atoms with van der Waals surface area (Å²) < 4.78 is 22.8. The summed E-state index contributed by atoms with van der Waals surface area (Å²) in [5.41, 5.74) is 0.131. The van der Waals surface area contributed by atoms with Crippen LogP contribution in [0.1, 0.15) is 40.2 Å². The number of nitrogens with zero attached hydrogens (tertiary/aromatic N) is 2. The van der Waals surface area contributed by atoms with E-state index in [4.69, 9.17) is 18.8 Å². The molecule has 2 aromatic rings. The lowest BCUT2D eigenvalue weighted by Gasteiger charge is -2.32. The Labute approximate surface area is 182 Å². The van der Waals surface area contributed by atoms with Gasteiger partial charge in [0.1, 0.15) is 0 Å². The molecule has 1 fully saturated rings. The Bertz CT molecular complexity index is 950. The molecule has 0 bridgehead atoms. The van der Waals surface area contributed by atoms with Crippen LogP contribution in [0.5, 0.6) is 11.5 Å². The summed E-state index contributed by atoms with van der Waals surface area (Å²) >= 11 is 0. The molecule has 0 radical (unpaired) electrons. The average Bonchev–Trinajstić information content (AvgIpc) is 2.93. The second kappa shape index (κ2) is 8.72. The van der Waals surface area contributed by atoms with Gasteiger partial charge in [-0.2, -0.15) is 0 Å². The minimum Gasteiger partial charge on any atom is -0.493 e. The summed E-state index contributed by atoms with van der Waals surface area (Å²) in [6.45, 7) is 10.4. The van der Waals surface area contributed by atoms with E-state index in [9.17, 15) is 10.1 Å². The number of hydrogen-bond acceptors (Lipinski definition) is 8. The third kappa shape index (κ3) is 4.75. The third-order valence-electron chi connectivity index (χ3n) is 5.60. The second-order valence-corrected chi connectivity index (χ2v) is 8.25. The van der Waals surface area contributed by atoms with Gasteiger partial charge in [0.05, 0.1) is 29.8 Å². The third-order valence-corrected chi connectivity index (χ3v) is 5.60. The van der Waals surface area contributed by atoms with E-state index in [1.165, 1.54) is 12.3 Å². The molecular formula is C21H28BN3O6. The Balaban J connectivity index is 1.80. The molecule has 1 aromatic carbocycles. The topological polar surface area (TPSA) is 105 Å². The number of rotatable bonds is 8. The van der Waals surface area contributed by atoms with Crippen molar-refractivity contribution in [2.75, 3.05) is 19.0 Å². The van der Waals surface area contributed by atoms with Crippen molar-refractivity contribution in [2.45, 2.75) is 52.4 Å². The zero-order chi connectivity index (χ0) is 22.8. The first-order valence-corrected chi connectivity index (χ1v) is 10.1. The summed E-state index contributed by atoms with van der Waals surface area (Å²) in [6, 6.07) is 6.93. The molecule has 0 amide bonds. The number of aromatic nitrogens is 1. The quantitative estimate of drug-likeness (QED) is 0.387. The molecule has 1 saturated heterocycles. The van der Waals surface area contributed by atoms with Gasteiger partial charge in [-0.3, -0.25) is 10.1 Å². The van der Waals surface area contributed by atoms with E-state index in [1.807, 2.05) is 46.8 Å². The summed E-state index contributed by atoms with van der Waals surface area (Å²) in [4.78, 5) is 15.5. The summed E-state index contributed by atoms with van der Waals surface area (Å²) in [7, 11) is 0.852. The van der Waals surface area contributed by atoms with Gasteiger partial charge in [0.2, 0.25) is 5.82 Å². The predicted octanol–water partition coefficient (Wildman–Crippen LogP) is 3.31. The zero-order valence-electron chi connectivity index (χ0n) is 18.7. The standard InChI is InChI=1S/C21H28BN3O6/c1-7-29-18-10-14(8-9-17(18)28-6)12-23-19-16(25(26)27)11-15(13-24-19)22-30-20(2,3)21(4,5)31-22/h8-11,13H,7,12H2,1-6H3,(H,23,24). The molecule has 1 aromatic heterocycles. The van der Waals surface area contributed by atoms with E-state index in [-0.39, 0.29) is 11.5 Å². The van der Waals surface area contributed by atoms with Crippen LogP contribution in [0.25, 0.3) is 0 Å². The zero-order valence-corrected chi connectivity index (χ0v) is 18.7. The number of nitrogens with one attached hydrogen (secondary N) is 1. The highest BCUT2D eigenvalue weighted by Crippen LogP contribution is 2.37. The second-order valence-electron chi connectivity index (χ2n) is 8.25. The first kappa shape index (κ1) is 22.8. The van der Waals surface area contributed by atoms with Crippen molar-refractivity contribution in [3.8, 4) is 11.5 Å². The number of nitro groups is 1. The average molecular weight is 429 g/mol. The molecular weight excluding hydrogens is 401 g/mol. The summed E-state index contributed by atoms with van der Waals surface area (Å²) in [5.74, 6) is 1.41. The highest BCUT2D eigenvalue weighted by atomic mass is 16.7. The lowest BCUT2D eigenvalue weighted by molar-refractivity contribution is -0.384. The van der Waals surface area contributed by atoms with Crippen LogP contribution in [0.15, 0.2) is 30.5 Å². The number of ether oxygens (including phenoxy) is 2.